The van der Waals surface area contributed by atoms with Crippen LogP contribution in [0.4, 0.5) is 17.6 Å². The zero-order chi connectivity index (χ0) is 24.2. The summed E-state index contributed by atoms with van der Waals surface area (Å²) in [5.41, 5.74) is 2.01. The highest BCUT2D eigenvalue weighted by molar-refractivity contribution is 5.71. The van der Waals surface area contributed by atoms with Crippen molar-refractivity contribution in [3.63, 3.8) is 0 Å². The second-order valence-corrected chi connectivity index (χ2v) is 9.68. The van der Waals surface area contributed by atoms with Gasteiger partial charge in [-0.05, 0) is 66.7 Å². The Labute approximate surface area is 200 Å². The van der Waals surface area contributed by atoms with E-state index in [1.54, 1.807) is 36.4 Å². The number of rotatable bonds is 7. The van der Waals surface area contributed by atoms with Crippen molar-refractivity contribution < 1.29 is 17.6 Å². The first-order valence-corrected chi connectivity index (χ1v) is 12.4. The van der Waals surface area contributed by atoms with Gasteiger partial charge in [-0.2, -0.15) is 0 Å². The van der Waals surface area contributed by atoms with Gasteiger partial charge in [0.2, 0.25) is 0 Å². The van der Waals surface area contributed by atoms with Gasteiger partial charge in [0.05, 0.1) is 0 Å². The Hall–Kier alpha value is -2.62. The third-order valence-corrected chi connectivity index (χ3v) is 7.40. The van der Waals surface area contributed by atoms with E-state index in [2.05, 4.69) is 6.92 Å². The van der Waals surface area contributed by atoms with Crippen LogP contribution in [-0.4, -0.2) is 0 Å². The largest absolute Gasteiger partial charge is 0.203 e. The summed E-state index contributed by atoms with van der Waals surface area (Å²) < 4.78 is 58.4. The van der Waals surface area contributed by atoms with Crippen molar-refractivity contribution in [1.29, 1.82) is 0 Å². The van der Waals surface area contributed by atoms with E-state index in [1.807, 2.05) is 0 Å². The summed E-state index contributed by atoms with van der Waals surface area (Å²) in [4.78, 5) is 0. The fourth-order valence-electron chi connectivity index (χ4n) is 5.25. The normalized spacial score (nSPS) is 18.3. The van der Waals surface area contributed by atoms with Gasteiger partial charge in [0, 0.05) is 11.1 Å². The summed E-state index contributed by atoms with van der Waals surface area (Å²) in [6.45, 7) is 3.71. The lowest BCUT2D eigenvalue weighted by Crippen LogP contribution is -2.15. The van der Waals surface area contributed by atoms with Gasteiger partial charge in [-0.3, -0.25) is 0 Å². The molecule has 0 radical (unpaired) electrons. The van der Waals surface area contributed by atoms with Gasteiger partial charge in [0.15, 0.2) is 23.3 Å². The molecule has 0 atom stereocenters. The van der Waals surface area contributed by atoms with Gasteiger partial charge in [0.25, 0.3) is 0 Å². The molecule has 0 aromatic heterocycles. The Morgan fingerprint density at radius 3 is 1.79 bits per heavy atom. The van der Waals surface area contributed by atoms with Crippen LogP contribution in [0.2, 0.25) is 0 Å². The van der Waals surface area contributed by atoms with Crippen LogP contribution in [0.5, 0.6) is 0 Å². The molecule has 0 amide bonds. The number of unbranched alkanes of at least 4 members (excludes halogenated alkanes) is 2. The Balaban J connectivity index is 1.50. The summed E-state index contributed by atoms with van der Waals surface area (Å²) in [5, 5.41) is 0. The van der Waals surface area contributed by atoms with Gasteiger partial charge in [-0.15, -0.1) is 0 Å². The number of benzene rings is 3. The second kappa shape index (κ2) is 10.8. The summed E-state index contributed by atoms with van der Waals surface area (Å²) >= 11 is 0. The topological polar surface area (TPSA) is 0 Å². The van der Waals surface area contributed by atoms with E-state index < -0.39 is 23.3 Å². The smallest absolute Gasteiger partial charge is 0.166 e. The standard InChI is InChI=1S/C30H32F4/c1-3-4-5-6-20-8-10-21(11-9-20)25-17-18-26(30(34)29(25)33)23-14-12-22(13-15-23)24-16-7-19(2)27(31)28(24)32/h7,12-18,20-21H,3-6,8-11H2,1-2H3. The summed E-state index contributed by atoms with van der Waals surface area (Å²) in [7, 11) is 0. The van der Waals surface area contributed by atoms with E-state index in [4.69, 9.17) is 0 Å². The molecule has 1 aliphatic rings. The quantitative estimate of drug-likeness (QED) is 0.239. The van der Waals surface area contributed by atoms with Crippen LogP contribution in [0.25, 0.3) is 22.3 Å². The molecule has 0 aliphatic heterocycles. The van der Waals surface area contributed by atoms with E-state index in [9.17, 15) is 8.78 Å². The number of aryl methyl sites for hydroxylation is 1. The van der Waals surface area contributed by atoms with Crippen molar-refractivity contribution in [2.75, 3.05) is 0 Å². The molecular weight excluding hydrogens is 436 g/mol. The van der Waals surface area contributed by atoms with Crippen LogP contribution in [0, 0.1) is 36.1 Å². The van der Waals surface area contributed by atoms with Crippen molar-refractivity contribution in [3.8, 4) is 22.3 Å². The lowest BCUT2D eigenvalue weighted by atomic mass is 9.76. The monoisotopic (exact) mass is 468 g/mol. The molecular formula is C30H32F4. The van der Waals surface area contributed by atoms with Crippen LogP contribution in [-0.2, 0) is 0 Å². The number of hydrogen-bond acceptors (Lipinski definition) is 0. The number of halogens is 4. The third kappa shape index (κ3) is 5.06. The maximum absolute atomic E-state index is 15.1. The fraction of sp³-hybridized carbons (Fsp3) is 0.400. The molecule has 3 aromatic carbocycles. The van der Waals surface area contributed by atoms with Crippen LogP contribution in [0.1, 0.15) is 75.3 Å². The first-order chi connectivity index (χ1) is 16.4. The van der Waals surface area contributed by atoms with Crippen molar-refractivity contribution in [3.05, 3.63) is 82.9 Å². The van der Waals surface area contributed by atoms with Crippen molar-refractivity contribution in [2.24, 2.45) is 5.92 Å². The highest BCUT2D eigenvalue weighted by atomic mass is 19.2. The molecule has 0 bridgehead atoms. The minimum Gasteiger partial charge on any atom is -0.203 e. The minimum atomic E-state index is -0.908. The van der Waals surface area contributed by atoms with E-state index >= 15 is 8.78 Å². The molecule has 0 nitrogen and oxygen atoms in total. The predicted molar refractivity (Wildman–Crippen MR) is 131 cm³/mol. The summed E-state index contributed by atoms with van der Waals surface area (Å²) in [5.74, 6) is -2.62. The Morgan fingerprint density at radius 2 is 1.21 bits per heavy atom. The summed E-state index contributed by atoms with van der Waals surface area (Å²) in [6, 6.07) is 12.9. The molecule has 0 N–H and O–H groups in total. The third-order valence-electron chi connectivity index (χ3n) is 7.40. The van der Waals surface area contributed by atoms with Crippen molar-refractivity contribution >= 4 is 0 Å². The average molecular weight is 469 g/mol. The van der Waals surface area contributed by atoms with E-state index in [0.29, 0.717) is 22.6 Å². The fourth-order valence-corrected chi connectivity index (χ4v) is 5.25. The molecule has 1 saturated carbocycles. The Bertz CT molecular complexity index is 1130. The maximum atomic E-state index is 15.1. The zero-order valence-electron chi connectivity index (χ0n) is 19.9. The Morgan fingerprint density at radius 1 is 0.647 bits per heavy atom. The van der Waals surface area contributed by atoms with Crippen LogP contribution in [0.3, 0.4) is 0 Å². The van der Waals surface area contributed by atoms with Crippen LogP contribution >= 0.6 is 0 Å². The van der Waals surface area contributed by atoms with Crippen LogP contribution in [0.15, 0.2) is 48.5 Å². The van der Waals surface area contributed by atoms with Gasteiger partial charge < -0.3 is 0 Å². The average Bonchev–Trinajstić information content (AvgIpc) is 2.85. The van der Waals surface area contributed by atoms with Crippen LogP contribution < -0.4 is 0 Å². The first-order valence-electron chi connectivity index (χ1n) is 12.4. The lowest BCUT2D eigenvalue weighted by molar-refractivity contribution is 0.298. The highest BCUT2D eigenvalue weighted by Gasteiger charge is 2.26. The van der Waals surface area contributed by atoms with E-state index in [0.717, 1.165) is 25.7 Å². The minimum absolute atomic E-state index is 0.0627. The van der Waals surface area contributed by atoms with Gasteiger partial charge >= 0.3 is 0 Å². The first kappa shape index (κ1) is 24.5. The summed E-state index contributed by atoms with van der Waals surface area (Å²) in [6.07, 6.45) is 8.94. The maximum Gasteiger partial charge on any atom is 0.166 e. The molecule has 4 rings (SSSR count). The van der Waals surface area contributed by atoms with Gasteiger partial charge in [-0.25, -0.2) is 17.6 Å². The molecule has 0 saturated heterocycles. The molecule has 0 spiro atoms. The number of hydrogen-bond donors (Lipinski definition) is 0. The molecule has 180 valence electrons. The molecule has 0 heterocycles. The van der Waals surface area contributed by atoms with Crippen molar-refractivity contribution in [2.45, 2.75) is 71.1 Å². The Kier molecular flexibility index (Phi) is 7.75. The molecule has 4 heteroatoms. The van der Waals surface area contributed by atoms with E-state index in [-0.39, 0.29) is 22.6 Å². The lowest BCUT2D eigenvalue weighted by Gasteiger charge is -2.29. The predicted octanol–water partition coefficient (Wildman–Crippen LogP) is 9.74. The van der Waals surface area contributed by atoms with Gasteiger partial charge in [0.1, 0.15) is 0 Å². The van der Waals surface area contributed by atoms with Gasteiger partial charge in [-0.1, -0.05) is 81.1 Å². The molecule has 34 heavy (non-hydrogen) atoms. The molecule has 3 aromatic rings. The van der Waals surface area contributed by atoms with E-state index in [1.165, 1.54) is 44.7 Å². The molecule has 1 fully saturated rings. The van der Waals surface area contributed by atoms with Crippen molar-refractivity contribution in [1.82, 2.24) is 0 Å². The second-order valence-electron chi connectivity index (χ2n) is 9.68. The SMILES string of the molecule is CCCCCC1CCC(c2ccc(-c3ccc(-c4ccc(C)c(F)c4F)cc3)c(F)c2F)CC1. The molecule has 1 aliphatic carbocycles. The highest BCUT2D eigenvalue weighted by Crippen LogP contribution is 2.40. The molecule has 0 unspecified atom stereocenters. The zero-order valence-corrected chi connectivity index (χ0v) is 19.9.